The van der Waals surface area contributed by atoms with E-state index in [4.69, 9.17) is 11.6 Å². The third kappa shape index (κ3) is 2.61. The van der Waals surface area contributed by atoms with Crippen LogP contribution in [0.2, 0.25) is 4.34 Å². The Morgan fingerprint density at radius 3 is 3.00 bits per heavy atom. The van der Waals surface area contributed by atoms with Gasteiger partial charge in [-0.1, -0.05) is 23.7 Å². The maximum atomic E-state index is 9.58. The van der Waals surface area contributed by atoms with Crippen molar-refractivity contribution in [2.75, 3.05) is 0 Å². The minimum Gasteiger partial charge on any atom is -0.387 e. The number of thiophene rings is 1. The number of aliphatic hydroxyl groups excluding tert-OH is 1. The first-order valence-electron chi connectivity index (χ1n) is 5.01. The van der Waals surface area contributed by atoms with E-state index >= 15 is 0 Å². The van der Waals surface area contributed by atoms with Gasteiger partial charge in [-0.25, -0.2) is 4.68 Å². The number of halogens is 1. The monoisotopic (exact) mass is 257 g/mol. The minimum atomic E-state index is -0.527. The van der Waals surface area contributed by atoms with Gasteiger partial charge in [0.25, 0.3) is 0 Å². The standard InChI is InChI=1S/C10H12ClN3OS/c1-2-9(15)8-6-14(13-12-8)5-7-3-4-10(11)16-7/h3-4,6,9,15H,2,5H2,1H3. The predicted molar refractivity (Wildman–Crippen MR) is 63.7 cm³/mol. The Balaban J connectivity index is 2.08. The fourth-order valence-electron chi connectivity index (χ4n) is 1.35. The number of aromatic nitrogens is 3. The zero-order valence-corrected chi connectivity index (χ0v) is 10.4. The van der Waals surface area contributed by atoms with Crippen LogP contribution in [0.15, 0.2) is 18.3 Å². The molecule has 0 amide bonds. The second kappa shape index (κ2) is 4.95. The molecule has 2 heterocycles. The molecule has 1 N–H and O–H groups in total. The topological polar surface area (TPSA) is 50.9 Å². The van der Waals surface area contributed by atoms with Crippen molar-refractivity contribution in [1.82, 2.24) is 15.0 Å². The summed E-state index contributed by atoms with van der Waals surface area (Å²) in [4.78, 5) is 1.12. The smallest absolute Gasteiger partial charge is 0.111 e. The number of hydrogen-bond acceptors (Lipinski definition) is 4. The zero-order chi connectivity index (χ0) is 11.5. The van der Waals surface area contributed by atoms with Crippen molar-refractivity contribution in [2.45, 2.75) is 26.0 Å². The molecule has 0 saturated carbocycles. The van der Waals surface area contributed by atoms with E-state index in [1.54, 1.807) is 10.9 Å². The molecule has 1 unspecified atom stereocenters. The van der Waals surface area contributed by atoms with Gasteiger partial charge in [-0.05, 0) is 18.6 Å². The summed E-state index contributed by atoms with van der Waals surface area (Å²) in [6.45, 7) is 2.55. The molecule has 1 atom stereocenters. The second-order valence-corrected chi connectivity index (χ2v) is 5.27. The average Bonchev–Trinajstić information content (AvgIpc) is 2.87. The summed E-state index contributed by atoms with van der Waals surface area (Å²) >= 11 is 7.36. The third-order valence-corrected chi connectivity index (χ3v) is 3.45. The van der Waals surface area contributed by atoms with Crippen LogP contribution < -0.4 is 0 Å². The van der Waals surface area contributed by atoms with Gasteiger partial charge in [-0.3, -0.25) is 0 Å². The van der Waals surface area contributed by atoms with Gasteiger partial charge >= 0.3 is 0 Å². The van der Waals surface area contributed by atoms with Gasteiger partial charge in [0.15, 0.2) is 0 Å². The van der Waals surface area contributed by atoms with Crippen molar-refractivity contribution < 1.29 is 5.11 Å². The number of hydrogen-bond donors (Lipinski definition) is 1. The van der Waals surface area contributed by atoms with Gasteiger partial charge in [-0.2, -0.15) is 0 Å². The van der Waals surface area contributed by atoms with Gasteiger partial charge in [-0.15, -0.1) is 16.4 Å². The van der Waals surface area contributed by atoms with Gasteiger partial charge in [0.1, 0.15) is 5.69 Å². The highest BCUT2D eigenvalue weighted by Gasteiger charge is 2.10. The van der Waals surface area contributed by atoms with Crippen LogP contribution in [0.1, 0.15) is 30.0 Å². The summed E-state index contributed by atoms with van der Waals surface area (Å²) < 4.78 is 2.47. The van der Waals surface area contributed by atoms with Crippen LogP contribution in [-0.2, 0) is 6.54 Å². The fraction of sp³-hybridized carbons (Fsp3) is 0.400. The number of nitrogens with zero attached hydrogens (tertiary/aromatic N) is 3. The molecule has 2 aromatic rings. The SMILES string of the molecule is CCC(O)c1cn(Cc2ccc(Cl)s2)nn1. The molecule has 0 spiro atoms. The molecule has 86 valence electrons. The van der Waals surface area contributed by atoms with E-state index in [0.717, 1.165) is 9.21 Å². The van der Waals surface area contributed by atoms with Crippen molar-refractivity contribution in [3.05, 3.63) is 33.2 Å². The van der Waals surface area contributed by atoms with Crippen LogP contribution in [0.4, 0.5) is 0 Å². The maximum Gasteiger partial charge on any atom is 0.111 e. The van der Waals surface area contributed by atoms with E-state index in [1.165, 1.54) is 11.3 Å². The molecular formula is C10H12ClN3OS. The molecular weight excluding hydrogens is 246 g/mol. The highest BCUT2D eigenvalue weighted by molar-refractivity contribution is 7.16. The molecule has 0 aliphatic carbocycles. The Morgan fingerprint density at radius 1 is 1.56 bits per heavy atom. The van der Waals surface area contributed by atoms with E-state index in [0.29, 0.717) is 18.7 Å². The first kappa shape index (κ1) is 11.6. The van der Waals surface area contributed by atoms with Crippen LogP contribution in [0, 0.1) is 0 Å². The lowest BCUT2D eigenvalue weighted by molar-refractivity contribution is 0.168. The lowest BCUT2D eigenvalue weighted by atomic mass is 10.2. The second-order valence-electron chi connectivity index (χ2n) is 3.47. The average molecular weight is 258 g/mol. The summed E-state index contributed by atoms with van der Waals surface area (Å²) in [5.41, 5.74) is 0.616. The van der Waals surface area contributed by atoms with Crippen LogP contribution >= 0.6 is 22.9 Å². The molecule has 16 heavy (non-hydrogen) atoms. The number of rotatable bonds is 4. The first-order chi connectivity index (χ1) is 7.69. The first-order valence-corrected chi connectivity index (χ1v) is 6.20. The maximum absolute atomic E-state index is 9.58. The molecule has 0 aliphatic heterocycles. The van der Waals surface area contributed by atoms with Gasteiger partial charge in [0.05, 0.1) is 23.2 Å². The van der Waals surface area contributed by atoms with Crippen molar-refractivity contribution >= 4 is 22.9 Å². The molecule has 0 saturated heterocycles. The van der Waals surface area contributed by atoms with Gasteiger partial charge in [0, 0.05) is 4.88 Å². The van der Waals surface area contributed by atoms with Gasteiger partial charge in [0.2, 0.25) is 0 Å². The Kier molecular flexibility index (Phi) is 3.58. The molecule has 0 fully saturated rings. The van der Waals surface area contributed by atoms with Gasteiger partial charge < -0.3 is 5.11 Å². The van der Waals surface area contributed by atoms with Crippen molar-refractivity contribution in [2.24, 2.45) is 0 Å². The van der Waals surface area contributed by atoms with Crippen molar-refractivity contribution in [3.8, 4) is 0 Å². The normalized spacial score (nSPS) is 12.9. The minimum absolute atomic E-state index is 0.527. The predicted octanol–water partition coefficient (Wildman–Crippen LogP) is 2.48. The lowest BCUT2D eigenvalue weighted by Crippen LogP contribution is -1.98. The third-order valence-electron chi connectivity index (χ3n) is 2.23. The molecule has 0 aromatic carbocycles. The Bertz CT molecular complexity index is 468. The summed E-state index contributed by atoms with van der Waals surface area (Å²) in [5, 5.41) is 17.5. The highest BCUT2D eigenvalue weighted by atomic mass is 35.5. The molecule has 0 radical (unpaired) electrons. The van der Waals surface area contributed by atoms with Crippen molar-refractivity contribution in [3.63, 3.8) is 0 Å². The molecule has 0 bridgehead atoms. The van der Waals surface area contributed by atoms with E-state index in [2.05, 4.69) is 10.3 Å². The Morgan fingerprint density at radius 2 is 2.38 bits per heavy atom. The summed E-state index contributed by atoms with van der Waals surface area (Å²) in [6.07, 6.45) is 1.88. The van der Waals surface area contributed by atoms with Crippen LogP contribution in [0.5, 0.6) is 0 Å². The van der Waals surface area contributed by atoms with Crippen LogP contribution in [0.25, 0.3) is 0 Å². The zero-order valence-electron chi connectivity index (χ0n) is 8.80. The molecule has 4 nitrogen and oxygen atoms in total. The van der Waals surface area contributed by atoms with Crippen LogP contribution in [-0.4, -0.2) is 20.1 Å². The van der Waals surface area contributed by atoms with E-state index in [-0.39, 0.29) is 0 Å². The van der Waals surface area contributed by atoms with E-state index in [1.807, 2.05) is 19.1 Å². The molecule has 6 heteroatoms. The Hall–Kier alpha value is -0.910. The van der Waals surface area contributed by atoms with E-state index < -0.39 is 6.10 Å². The Labute approximate surface area is 102 Å². The van der Waals surface area contributed by atoms with Crippen LogP contribution in [0.3, 0.4) is 0 Å². The fourth-order valence-corrected chi connectivity index (χ4v) is 2.43. The molecule has 2 aromatic heterocycles. The lowest BCUT2D eigenvalue weighted by Gasteiger charge is -2.00. The largest absolute Gasteiger partial charge is 0.387 e. The molecule has 0 aliphatic rings. The molecule has 2 rings (SSSR count). The van der Waals surface area contributed by atoms with E-state index in [9.17, 15) is 5.11 Å². The number of aliphatic hydroxyl groups is 1. The highest BCUT2D eigenvalue weighted by Crippen LogP contribution is 2.22. The van der Waals surface area contributed by atoms with Crippen molar-refractivity contribution in [1.29, 1.82) is 0 Å². The quantitative estimate of drug-likeness (QED) is 0.916. The summed E-state index contributed by atoms with van der Waals surface area (Å²) in [6, 6.07) is 3.82. The summed E-state index contributed by atoms with van der Waals surface area (Å²) in [5.74, 6) is 0. The summed E-state index contributed by atoms with van der Waals surface area (Å²) in [7, 11) is 0.